The molecule has 0 aromatic heterocycles. The molecular formula is C19H18N4O9S3. The van der Waals surface area contributed by atoms with Crippen molar-refractivity contribution in [2.45, 2.75) is 29.5 Å². The highest BCUT2D eigenvalue weighted by molar-refractivity contribution is 8.19. The van der Waals surface area contributed by atoms with Gasteiger partial charge in [-0.3, -0.25) is 24.6 Å². The minimum Gasteiger partial charge on any atom is -0.456 e. The summed E-state index contributed by atoms with van der Waals surface area (Å²) < 4.78 is 32.9. The molecular weight excluding hydrogens is 524 g/mol. The third-order valence-corrected chi connectivity index (χ3v) is 7.94. The van der Waals surface area contributed by atoms with Crippen molar-refractivity contribution in [3.63, 3.8) is 0 Å². The first-order chi connectivity index (χ1) is 16.4. The zero-order valence-corrected chi connectivity index (χ0v) is 20.7. The molecule has 0 radical (unpaired) electrons. The molecule has 16 heteroatoms. The van der Waals surface area contributed by atoms with E-state index in [1.54, 1.807) is 0 Å². The average molecular weight is 543 g/mol. The van der Waals surface area contributed by atoms with E-state index in [1.807, 2.05) is 6.07 Å². The molecule has 2 atom stereocenters. The number of carbonyl (C=O) groups is 3. The Kier molecular flexibility index (Phi) is 7.62. The van der Waals surface area contributed by atoms with Crippen molar-refractivity contribution in [3.8, 4) is 6.07 Å². The maximum atomic E-state index is 13.2. The van der Waals surface area contributed by atoms with Gasteiger partial charge >= 0.3 is 16.1 Å². The average Bonchev–Trinajstić information content (AvgIpc) is 2.76. The zero-order valence-electron chi connectivity index (χ0n) is 18.2. The standard InChI is InChI=1S/C19H18N4O9S3/c1-11(24)21-19(33-8-7-20)17(32-35(2,29)30)16(22-14(25)9-15(22)34-19)18(26)31-10-12-3-5-13(6-4-12)23(27)28/h3-6,15H,8-10H2,1-2H3,(H,21,24)/t15-,19?/m1/s1. The van der Waals surface area contributed by atoms with Crippen LogP contribution in [0.25, 0.3) is 0 Å². The van der Waals surface area contributed by atoms with E-state index in [2.05, 4.69) is 5.32 Å². The van der Waals surface area contributed by atoms with E-state index in [9.17, 15) is 32.9 Å². The molecule has 1 aromatic carbocycles. The van der Waals surface area contributed by atoms with E-state index in [4.69, 9.17) is 14.2 Å². The third kappa shape index (κ3) is 5.86. The van der Waals surface area contributed by atoms with Gasteiger partial charge in [-0.15, -0.1) is 0 Å². The summed E-state index contributed by atoms with van der Waals surface area (Å²) in [6.07, 6.45) is 0.715. The third-order valence-electron chi connectivity index (χ3n) is 4.59. The van der Waals surface area contributed by atoms with Gasteiger partial charge in [0.1, 0.15) is 6.61 Å². The van der Waals surface area contributed by atoms with Crippen LogP contribution in [0, 0.1) is 21.4 Å². The number of fused-ring (bicyclic) bond motifs is 1. The first-order valence-electron chi connectivity index (χ1n) is 9.71. The molecule has 35 heavy (non-hydrogen) atoms. The van der Waals surface area contributed by atoms with Crippen LogP contribution in [0.5, 0.6) is 0 Å². The van der Waals surface area contributed by atoms with Crippen molar-refractivity contribution < 1.29 is 36.6 Å². The van der Waals surface area contributed by atoms with Crippen molar-refractivity contribution in [1.82, 2.24) is 10.2 Å². The van der Waals surface area contributed by atoms with E-state index < -0.39 is 53.9 Å². The summed E-state index contributed by atoms with van der Waals surface area (Å²) in [5.41, 5.74) is -0.296. The number of ether oxygens (including phenoxy) is 1. The van der Waals surface area contributed by atoms with Crippen LogP contribution >= 0.6 is 23.5 Å². The fourth-order valence-electron chi connectivity index (χ4n) is 3.22. The van der Waals surface area contributed by atoms with Gasteiger partial charge in [-0.1, -0.05) is 23.5 Å². The normalized spacial score (nSPS) is 21.3. The summed E-state index contributed by atoms with van der Waals surface area (Å²) in [5.74, 6) is -3.00. The molecule has 1 saturated heterocycles. The summed E-state index contributed by atoms with van der Waals surface area (Å²) in [6.45, 7) is 0.809. The molecule has 186 valence electrons. The van der Waals surface area contributed by atoms with E-state index in [1.165, 1.54) is 24.3 Å². The molecule has 2 aliphatic heterocycles. The second-order valence-electron chi connectivity index (χ2n) is 7.25. The van der Waals surface area contributed by atoms with Crippen LogP contribution in [-0.4, -0.2) is 57.6 Å². The molecule has 3 rings (SSSR count). The predicted molar refractivity (Wildman–Crippen MR) is 123 cm³/mol. The van der Waals surface area contributed by atoms with Gasteiger partial charge in [-0.25, -0.2) is 4.79 Å². The Labute approximate surface area is 208 Å². The van der Waals surface area contributed by atoms with Crippen LogP contribution in [0.2, 0.25) is 0 Å². The van der Waals surface area contributed by atoms with Crippen molar-refractivity contribution in [2.24, 2.45) is 0 Å². The largest absolute Gasteiger partial charge is 0.456 e. The van der Waals surface area contributed by atoms with Gasteiger partial charge in [0.05, 0.1) is 34.8 Å². The minimum atomic E-state index is -4.26. The lowest BCUT2D eigenvalue weighted by atomic mass is 10.1. The highest BCUT2D eigenvalue weighted by Crippen LogP contribution is 2.54. The van der Waals surface area contributed by atoms with Crippen molar-refractivity contribution in [2.75, 3.05) is 12.0 Å². The lowest BCUT2D eigenvalue weighted by Gasteiger charge is -2.50. The van der Waals surface area contributed by atoms with Crippen LogP contribution in [0.1, 0.15) is 18.9 Å². The smallest absolute Gasteiger partial charge is 0.359 e. The van der Waals surface area contributed by atoms with E-state index in [0.29, 0.717) is 5.56 Å². The van der Waals surface area contributed by atoms with E-state index in [0.717, 1.165) is 41.6 Å². The number of hydrogen-bond donors (Lipinski definition) is 1. The van der Waals surface area contributed by atoms with E-state index >= 15 is 0 Å². The Morgan fingerprint density at radius 2 is 2.06 bits per heavy atom. The number of hydrogen-bond acceptors (Lipinski definition) is 12. The number of nitrogens with one attached hydrogen (secondary N) is 1. The van der Waals surface area contributed by atoms with Gasteiger partial charge in [-0.2, -0.15) is 13.7 Å². The number of nitro benzene ring substituents is 1. The number of thioether (sulfide) groups is 2. The minimum absolute atomic E-state index is 0.00952. The topological polar surface area (TPSA) is 186 Å². The molecule has 13 nitrogen and oxygen atoms in total. The molecule has 2 aliphatic rings. The summed E-state index contributed by atoms with van der Waals surface area (Å²) in [6, 6.07) is 7.04. The summed E-state index contributed by atoms with van der Waals surface area (Å²) in [7, 11) is -4.26. The van der Waals surface area contributed by atoms with Crippen LogP contribution in [0.15, 0.2) is 35.7 Å². The first kappa shape index (κ1) is 26.3. The van der Waals surface area contributed by atoms with Gasteiger partial charge in [0, 0.05) is 19.1 Å². The molecule has 0 saturated carbocycles. The molecule has 0 spiro atoms. The number of carbonyl (C=O) groups excluding carboxylic acids is 3. The second-order valence-corrected chi connectivity index (χ2v) is 11.7. The molecule has 0 aliphatic carbocycles. The number of nitriles is 1. The fourth-order valence-corrected chi connectivity index (χ4v) is 6.75. The summed E-state index contributed by atoms with van der Waals surface area (Å²) in [5, 5.41) is 21.8. The zero-order chi connectivity index (χ0) is 26.0. The van der Waals surface area contributed by atoms with Gasteiger partial charge < -0.3 is 14.2 Å². The summed E-state index contributed by atoms with van der Waals surface area (Å²) >= 11 is 1.77. The van der Waals surface area contributed by atoms with Crippen LogP contribution in [-0.2, 0) is 40.0 Å². The monoisotopic (exact) mass is 542 g/mol. The number of β-lactam (4-membered cyclic amide) rings is 1. The number of benzene rings is 1. The van der Waals surface area contributed by atoms with Crippen LogP contribution < -0.4 is 5.32 Å². The van der Waals surface area contributed by atoms with Gasteiger partial charge in [0.15, 0.2) is 15.7 Å². The lowest BCUT2D eigenvalue weighted by Crippen LogP contribution is -2.61. The van der Waals surface area contributed by atoms with Gasteiger partial charge in [0.25, 0.3) is 5.69 Å². The quantitative estimate of drug-likeness (QED) is 0.117. The molecule has 1 aromatic rings. The Morgan fingerprint density at radius 1 is 1.40 bits per heavy atom. The van der Waals surface area contributed by atoms with Gasteiger partial charge in [0.2, 0.25) is 11.8 Å². The highest BCUT2D eigenvalue weighted by atomic mass is 32.2. The van der Waals surface area contributed by atoms with Crippen LogP contribution in [0.3, 0.4) is 0 Å². The molecule has 1 fully saturated rings. The van der Waals surface area contributed by atoms with Crippen molar-refractivity contribution in [1.29, 1.82) is 5.26 Å². The second kappa shape index (κ2) is 10.1. The SMILES string of the molecule is CC(=O)NC1(SCC#N)S[C@@H]2CC(=O)N2C(C(=O)OCc2ccc([N+](=O)[O-])cc2)=C1OS(C)(=O)=O. The lowest BCUT2D eigenvalue weighted by molar-refractivity contribution is -0.384. The van der Waals surface area contributed by atoms with Crippen molar-refractivity contribution >= 4 is 57.1 Å². The number of esters is 1. The predicted octanol–water partition coefficient (Wildman–Crippen LogP) is 1.18. The number of non-ortho nitro benzene ring substituents is 1. The number of nitrogens with zero attached hydrogens (tertiary/aromatic N) is 3. The molecule has 1 N–H and O–H groups in total. The fraction of sp³-hybridized carbons (Fsp3) is 0.368. The summed E-state index contributed by atoms with van der Waals surface area (Å²) in [4.78, 5) is 48.8. The van der Waals surface area contributed by atoms with E-state index in [-0.39, 0.29) is 24.5 Å². The number of nitro groups is 1. The molecule has 2 heterocycles. The Bertz CT molecular complexity index is 1260. The maximum absolute atomic E-state index is 13.2. The van der Waals surface area contributed by atoms with Crippen molar-refractivity contribution in [3.05, 3.63) is 51.4 Å². The molecule has 2 amide bonds. The number of rotatable bonds is 9. The van der Waals surface area contributed by atoms with Crippen LogP contribution in [0.4, 0.5) is 5.69 Å². The Hall–Kier alpha value is -3.29. The maximum Gasteiger partial charge on any atom is 0.359 e. The number of amides is 2. The van der Waals surface area contributed by atoms with Gasteiger partial charge in [-0.05, 0) is 17.7 Å². The molecule has 1 unspecified atom stereocenters. The first-order valence-corrected chi connectivity index (χ1v) is 13.4. The molecule has 0 bridgehead atoms. The Morgan fingerprint density at radius 3 is 2.57 bits per heavy atom. The highest BCUT2D eigenvalue weighted by Gasteiger charge is 2.58. The Balaban J connectivity index is 2.05.